The average molecular weight is 339 g/mol. The summed E-state index contributed by atoms with van der Waals surface area (Å²) >= 11 is 1.50. The van der Waals surface area contributed by atoms with Gasteiger partial charge in [0.15, 0.2) is 0 Å². The first kappa shape index (κ1) is 17.7. The van der Waals surface area contributed by atoms with Gasteiger partial charge in [-0.2, -0.15) is 0 Å². The van der Waals surface area contributed by atoms with Gasteiger partial charge in [-0.15, -0.1) is 11.3 Å². The summed E-state index contributed by atoms with van der Waals surface area (Å²) < 4.78 is 5.46. The van der Waals surface area contributed by atoms with Crippen molar-refractivity contribution >= 4 is 23.3 Å². The predicted molar refractivity (Wildman–Crippen MR) is 90.5 cm³/mol. The number of carbonyl (C=O) groups excluding carboxylic acids is 2. The third-order valence-electron chi connectivity index (χ3n) is 3.38. The van der Waals surface area contributed by atoms with Crippen LogP contribution in [0.2, 0.25) is 0 Å². The Morgan fingerprint density at radius 1 is 1.43 bits per heavy atom. The second-order valence-corrected chi connectivity index (χ2v) is 7.74. The number of hydrogen-bond donors (Lipinski definition) is 2. The van der Waals surface area contributed by atoms with Crippen LogP contribution in [0.15, 0.2) is 11.4 Å². The van der Waals surface area contributed by atoms with Crippen LogP contribution in [0.25, 0.3) is 0 Å². The molecular formula is C16H25N3O3S. The largest absolute Gasteiger partial charge is 0.444 e. The summed E-state index contributed by atoms with van der Waals surface area (Å²) in [4.78, 5) is 26.1. The second-order valence-electron chi connectivity index (χ2n) is 6.75. The first-order chi connectivity index (χ1) is 10.8. The maximum atomic E-state index is 12.2. The summed E-state index contributed by atoms with van der Waals surface area (Å²) in [5.74, 6) is -0.405. The van der Waals surface area contributed by atoms with E-state index in [1.165, 1.54) is 11.3 Å². The zero-order valence-corrected chi connectivity index (χ0v) is 14.7. The number of thiophene rings is 1. The molecule has 23 heavy (non-hydrogen) atoms. The van der Waals surface area contributed by atoms with Gasteiger partial charge < -0.3 is 20.7 Å². The fourth-order valence-corrected chi connectivity index (χ4v) is 2.99. The lowest BCUT2D eigenvalue weighted by atomic mass is 10.2. The lowest BCUT2D eigenvalue weighted by Crippen LogP contribution is -2.41. The van der Waals surface area contributed by atoms with E-state index in [9.17, 15) is 9.59 Å². The van der Waals surface area contributed by atoms with Gasteiger partial charge in [0.05, 0.1) is 5.56 Å². The fraction of sp³-hybridized carbons (Fsp3) is 0.625. The normalized spacial score (nSPS) is 14.6. The summed E-state index contributed by atoms with van der Waals surface area (Å²) in [5.41, 5.74) is 5.30. The first-order valence-corrected chi connectivity index (χ1v) is 8.72. The Labute approximate surface area is 141 Å². The molecule has 1 saturated carbocycles. The van der Waals surface area contributed by atoms with E-state index in [2.05, 4.69) is 5.32 Å². The predicted octanol–water partition coefficient (Wildman–Crippen LogP) is 2.34. The van der Waals surface area contributed by atoms with E-state index in [4.69, 9.17) is 10.5 Å². The minimum atomic E-state index is -0.472. The van der Waals surface area contributed by atoms with E-state index < -0.39 is 11.5 Å². The molecule has 0 atom stereocenters. The van der Waals surface area contributed by atoms with Crippen LogP contribution in [0.1, 0.15) is 48.8 Å². The fourth-order valence-electron chi connectivity index (χ4n) is 2.14. The van der Waals surface area contributed by atoms with E-state index in [1.807, 2.05) is 25.7 Å². The second kappa shape index (κ2) is 7.31. The molecule has 0 bridgehead atoms. The Morgan fingerprint density at radius 2 is 2.13 bits per heavy atom. The van der Waals surface area contributed by atoms with E-state index in [0.29, 0.717) is 31.2 Å². The van der Waals surface area contributed by atoms with Crippen molar-refractivity contribution in [2.24, 2.45) is 5.73 Å². The highest BCUT2D eigenvalue weighted by molar-refractivity contribution is 7.10. The average Bonchev–Trinajstić information content (AvgIpc) is 3.13. The molecule has 128 valence electrons. The van der Waals surface area contributed by atoms with Gasteiger partial charge in [0, 0.05) is 35.9 Å². The molecule has 1 aliphatic carbocycles. The number of rotatable bonds is 7. The molecule has 1 aromatic heterocycles. The van der Waals surface area contributed by atoms with Crippen LogP contribution in [0.3, 0.4) is 0 Å². The van der Waals surface area contributed by atoms with Crippen LogP contribution >= 0.6 is 11.3 Å². The number of hydrogen-bond acceptors (Lipinski definition) is 5. The minimum Gasteiger partial charge on any atom is -0.444 e. The number of amides is 2. The van der Waals surface area contributed by atoms with E-state index in [-0.39, 0.29) is 6.09 Å². The van der Waals surface area contributed by atoms with Crippen molar-refractivity contribution in [1.82, 2.24) is 10.2 Å². The molecule has 2 amide bonds. The lowest BCUT2D eigenvalue weighted by Gasteiger charge is -2.27. The summed E-state index contributed by atoms with van der Waals surface area (Å²) in [6, 6.07) is 2.11. The van der Waals surface area contributed by atoms with Gasteiger partial charge in [0.25, 0.3) is 0 Å². The standard InChI is InChI=1S/C16H25N3O3S/c1-16(2,3)22-15(21)19(12-4-5-12)7-6-18-9-13-8-11(10-23-13)14(17)20/h8,10,12,18H,4-7,9H2,1-3H3,(H2,17,20). The zero-order valence-electron chi connectivity index (χ0n) is 13.9. The Kier molecular flexibility index (Phi) is 5.64. The molecule has 0 unspecified atom stereocenters. The van der Waals surface area contributed by atoms with E-state index in [0.717, 1.165) is 17.7 Å². The molecule has 6 nitrogen and oxygen atoms in total. The zero-order chi connectivity index (χ0) is 17.0. The van der Waals surface area contributed by atoms with Crippen LogP contribution in [0, 0.1) is 0 Å². The molecule has 0 radical (unpaired) electrons. The van der Waals surface area contributed by atoms with Crippen molar-refractivity contribution in [3.8, 4) is 0 Å². The Bertz CT molecular complexity index is 561. The molecule has 1 aromatic rings. The quantitative estimate of drug-likeness (QED) is 0.747. The van der Waals surface area contributed by atoms with Gasteiger partial charge >= 0.3 is 6.09 Å². The number of nitrogens with zero attached hydrogens (tertiary/aromatic N) is 1. The van der Waals surface area contributed by atoms with Crippen molar-refractivity contribution in [2.45, 2.75) is 51.8 Å². The maximum Gasteiger partial charge on any atom is 0.410 e. The molecular weight excluding hydrogens is 314 g/mol. The minimum absolute atomic E-state index is 0.242. The van der Waals surface area contributed by atoms with E-state index in [1.54, 1.807) is 11.4 Å². The molecule has 1 aliphatic rings. The van der Waals surface area contributed by atoms with E-state index >= 15 is 0 Å². The Hall–Kier alpha value is -1.60. The molecule has 0 spiro atoms. The van der Waals surface area contributed by atoms with Gasteiger partial charge in [0.1, 0.15) is 5.60 Å². The molecule has 1 fully saturated rings. The molecule has 1 heterocycles. The van der Waals surface area contributed by atoms with Gasteiger partial charge in [-0.05, 0) is 39.7 Å². The number of nitrogens with two attached hydrogens (primary N) is 1. The Balaban J connectivity index is 1.76. The van der Waals surface area contributed by atoms with Gasteiger partial charge in [-0.25, -0.2) is 4.79 Å². The summed E-state index contributed by atoms with van der Waals surface area (Å²) in [5, 5.41) is 5.05. The van der Waals surface area contributed by atoms with Gasteiger partial charge in [-0.1, -0.05) is 0 Å². The monoisotopic (exact) mass is 339 g/mol. The SMILES string of the molecule is CC(C)(C)OC(=O)N(CCNCc1cc(C(N)=O)cs1)C1CC1. The Morgan fingerprint density at radius 3 is 2.65 bits per heavy atom. The maximum absolute atomic E-state index is 12.2. The highest BCUT2D eigenvalue weighted by Gasteiger charge is 2.34. The third-order valence-corrected chi connectivity index (χ3v) is 4.32. The van der Waals surface area contributed by atoms with Crippen molar-refractivity contribution in [3.63, 3.8) is 0 Å². The smallest absolute Gasteiger partial charge is 0.410 e. The van der Waals surface area contributed by atoms with Crippen molar-refractivity contribution in [3.05, 3.63) is 21.9 Å². The number of primary amides is 1. The summed E-state index contributed by atoms with van der Waals surface area (Å²) in [6.45, 7) is 7.59. The molecule has 7 heteroatoms. The third kappa shape index (κ3) is 5.84. The number of carbonyl (C=O) groups is 2. The first-order valence-electron chi connectivity index (χ1n) is 7.84. The number of nitrogens with one attached hydrogen (secondary N) is 1. The highest BCUT2D eigenvalue weighted by atomic mass is 32.1. The van der Waals surface area contributed by atoms with Crippen LogP contribution in [0.4, 0.5) is 4.79 Å². The molecule has 3 N–H and O–H groups in total. The summed E-state index contributed by atoms with van der Waals surface area (Å²) in [7, 11) is 0. The van der Waals surface area contributed by atoms with Crippen molar-refractivity contribution in [1.29, 1.82) is 0 Å². The number of ether oxygens (including phenoxy) is 1. The molecule has 2 rings (SSSR count). The van der Waals surface area contributed by atoms with Crippen molar-refractivity contribution in [2.75, 3.05) is 13.1 Å². The summed E-state index contributed by atoms with van der Waals surface area (Å²) in [6.07, 6.45) is 1.85. The van der Waals surface area contributed by atoms with Crippen LogP contribution in [0.5, 0.6) is 0 Å². The molecule has 0 aromatic carbocycles. The van der Waals surface area contributed by atoms with Crippen LogP contribution < -0.4 is 11.1 Å². The topological polar surface area (TPSA) is 84.7 Å². The molecule has 0 aliphatic heterocycles. The van der Waals surface area contributed by atoms with Gasteiger partial charge in [-0.3, -0.25) is 4.79 Å². The molecule has 0 saturated heterocycles. The van der Waals surface area contributed by atoms with Crippen LogP contribution in [-0.4, -0.2) is 41.6 Å². The lowest BCUT2D eigenvalue weighted by molar-refractivity contribution is 0.0236. The van der Waals surface area contributed by atoms with Crippen molar-refractivity contribution < 1.29 is 14.3 Å². The van der Waals surface area contributed by atoms with Gasteiger partial charge in [0.2, 0.25) is 5.91 Å². The highest BCUT2D eigenvalue weighted by Crippen LogP contribution is 2.28. The van der Waals surface area contributed by atoms with Crippen LogP contribution in [-0.2, 0) is 11.3 Å².